The Morgan fingerprint density at radius 1 is 1.14 bits per heavy atom. The number of aromatic nitrogens is 2. The van der Waals surface area contributed by atoms with Gasteiger partial charge in [0.05, 0.1) is 18.4 Å². The van der Waals surface area contributed by atoms with E-state index < -0.39 is 0 Å². The highest BCUT2D eigenvalue weighted by Crippen LogP contribution is 2.37. The van der Waals surface area contributed by atoms with Crippen LogP contribution < -0.4 is 15.8 Å². The van der Waals surface area contributed by atoms with Crippen LogP contribution in [-0.2, 0) is 4.79 Å². The number of thiophene rings is 1. The number of nitrogens with zero attached hydrogens (tertiary/aromatic N) is 4. The number of methoxy groups -OCH3 is 1. The zero-order chi connectivity index (χ0) is 24.8. The quantitative estimate of drug-likeness (QED) is 0.296. The Bertz CT molecular complexity index is 1430. The third-order valence-electron chi connectivity index (χ3n) is 4.89. The minimum absolute atomic E-state index is 0.0655. The lowest BCUT2D eigenvalue weighted by molar-refractivity contribution is -0.115. The van der Waals surface area contributed by atoms with E-state index in [4.69, 9.17) is 10.5 Å². The molecule has 4 rings (SSSR count). The molecule has 174 valence electrons. The number of carbonyl (C=O) groups excluding carboxylic acids is 1. The first-order valence-electron chi connectivity index (χ1n) is 10.2. The molecule has 3 aromatic heterocycles. The number of anilines is 2. The number of nitriles is 2. The molecule has 11 heteroatoms. The maximum atomic E-state index is 12.5. The summed E-state index contributed by atoms with van der Waals surface area (Å²) in [5.74, 6) is 0.998. The van der Waals surface area contributed by atoms with Crippen LogP contribution in [0.4, 0.5) is 10.9 Å². The second kappa shape index (κ2) is 11.0. The number of pyridine rings is 1. The smallest absolute Gasteiger partial charge is 0.226 e. The molecule has 0 fully saturated rings. The topological polar surface area (TPSA) is 138 Å². The van der Waals surface area contributed by atoms with Gasteiger partial charge in [0.25, 0.3) is 0 Å². The van der Waals surface area contributed by atoms with Crippen LogP contribution in [0, 0.1) is 22.7 Å². The fraction of sp³-hybridized carbons (Fsp3) is 0.125. The summed E-state index contributed by atoms with van der Waals surface area (Å²) in [7, 11) is 1.61. The van der Waals surface area contributed by atoms with Crippen molar-refractivity contribution in [3.05, 3.63) is 58.3 Å². The highest BCUT2D eigenvalue weighted by Gasteiger charge is 2.21. The molecular formula is C24H18N6O2S3. The molecule has 0 saturated carbocycles. The summed E-state index contributed by atoms with van der Waals surface area (Å²) >= 11 is 4.01. The number of hydrogen-bond acceptors (Lipinski definition) is 10. The lowest BCUT2D eigenvalue weighted by Gasteiger charge is -2.11. The van der Waals surface area contributed by atoms with Crippen LogP contribution in [0.3, 0.4) is 0 Å². The molecule has 3 N–H and O–H groups in total. The Morgan fingerprint density at radius 3 is 2.57 bits per heavy atom. The molecular weight excluding hydrogens is 501 g/mol. The summed E-state index contributed by atoms with van der Waals surface area (Å²) in [6, 6.07) is 15.4. The summed E-state index contributed by atoms with van der Waals surface area (Å²) in [6.07, 6.45) is 0.183. The van der Waals surface area contributed by atoms with Crippen molar-refractivity contribution in [1.29, 1.82) is 10.5 Å². The van der Waals surface area contributed by atoms with Crippen LogP contribution in [0.15, 0.2) is 52.2 Å². The van der Waals surface area contributed by atoms with Gasteiger partial charge in [0.1, 0.15) is 34.3 Å². The van der Waals surface area contributed by atoms with E-state index in [-0.39, 0.29) is 29.3 Å². The minimum atomic E-state index is -0.202. The van der Waals surface area contributed by atoms with Gasteiger partial charge in [-0.25, -0.2) is 9.97 Å². The molecule has 0 aliphatic carbocycles. The van der Waals surface area contributed by atoms with Crippen LogP contribution in [0.5, 0.6) is 5.75 Å². The number of amides is 1. The molecule has 0 bridgehead atoms. The number of carbonyl (C=O) groups is 1. The van der Waals surface area contributed by atoms with Crippen molar-refractivity contribution >= 4 is 51.3 Å². The van der Waals surface area contributed by atoms with E-state index in [1.807, 2.05) is 47.2 Å². The van der Waals surface area contributed by atoms with Crippen LogP contribution >= 0.6 is 34.4 Å². The first kappa shape index (κ1) is 24.2. The maximum Gasteiger partial charge on any atom is 0.226 e. The Kier molecular flexibility index (Phi) is 7.63. The zero-order valence-corrected chi connectivity index (χ0v) is 20.9. The predicted molar refractivity (Wildman–Crippen MR) is 139 cm³/mol. The Labute approximate surface area is 214 Å². The van der Waals surface area contributed by atoms with Crippen molar-refractivity contribution in [2.45, 2.75) is 11.4 Å². The minimum Gasteiger partial charge on any atom is -0.497 e. The van der Waals surface area contributed by atoms with E-state index in [1.54, 1.807) is 7.11 Å². The van der Waals surface area contributed by atoms with Crippen molar-refractivity contribution in [1.82, 2.24) is 9.97 Å². The molecule has 0 spiro atoms. The monoisotopic (exact) mass is 518 g/mol. The number of benzene rings is 1. The standard InChI is InChI=1S/C24H18N6O2S3/c1-32-15-6-4-14(5-7-15)18-13-35-24(28-18)29-20(31)8-10-34-23-17(12-26)21(19-3-2-9-33-19)16(11-25)22(27)30-23/h2-7,9,13H,8,10H2,1H3,(H2,27,30)(H,28,29,31). The number of thioether (sulfide) groups is 1. The first-order valence-corrected chi connectivity index (χ1v) is 13.0. The van der Waals surface area contributed by atoms with Gasteiger partial charge in [0.2, 0.25) is 5.91 Å². The Balaban J connectivity index is 1.42. The molecule has 0 saturated heterocycles. The largest absolute Gasteiger partial charge is 0.497 e. The molecule has 0 aliphatic heterocycles. The maximum absolute atomic E-state index is 12.5. The zero-order valence-electron chi connectivity index (χ0n) is 18.4. The average Bonchev–Trinajstić information content (AvgIpc) is 3.56. The molecule has 3 heterocycles. The van der Waals surface area contributed by atoms with Crippen molar-refractivity contribution in [2.24, 2.45) is 0 Å². The van der Waals surface area contributed by atoms with Crippen LogP contribution in [0.1, 0.15) is 17.5 Å². The molecule has 0 unspecified atom stereocenters. The van der Waals surface area contributed by atoms with Crippen molar-refractivity contribution in [3.63, 3.8) is 0 Å². The molecule has 1 amide bonds. The second-order valence-electron chi connectivity index (χ2n) is 7.04. The SMILES string of the molecule is COc1ccc(-c2csc(NC(=O)CCSc3nc(N)c(C#N)c(-c4cccs4)c3C#N)n2)cc1. The molecule has 8 nitrogen and oxygen atoms in total. The van der Waals surface area contributed by atoms with Gasteiger partial charge in [0, 0.05) is 33.6 Å². The van der Waals surface area contributed by atoms with Crippen LogP contribution in [0.25, 0.3) is 21.7 Å². The van der Waals surface area contributed by atoms with E-state index in [0.717, 1.165) is 21.9 Å². The normalized spacial score (nSPS) is 10.4. The fourth-order valence-electron chi connectivity index (χ4n) is 3.22. The number of nitrogens with two attached hydrogens (primary N) is 1. The number of nitrogen functional groups attached to an aromatic ring is 1. The third-order valence-corrected chi connectivity index (χ3v) is 7.51. The van der Waals surface area contributed by atoms with Crippen molar-refractivity contribution in [2.75, 3.05) is 23.9 Å². The van der Waals surface area contributed by atoms with Gasteiger partial charge in [-0.2, -0.15) is 10.5 Å². The van der Waals surface area contributed by atoms with Gasteiger partial charge in [-0.15, -0.1) is 34.4 Å². The number of ether oxygens (including phenoxy) is 1. The summed E-state index contributed by atoms with van der Waals surface area (Å²) in [6.45, 7) is 0. The van der Waals surface area contributed by atoms with Crippen molar-refractivity contribution < 1.29 is 9.53 Å². The lowest BCUT2D eigenvalue weighted by atomic mass is 10.0. The van der Waals surface area contributed by atoms with E-state index in [1.165, 1.54) is 34.4 Å². The second-order valence-corrected chi connectivity index (χ2v) is 9.93. The average molecular weight is 519 g/mol. The highest BCUT2D eigenvalue weighted by atomic mass is 32.2. The van der Waals surface area contributed by atoms with Gasteiger partial charge in [0.15, 0.2) is 5.13 Å². The fourth-order valence-corrected chi connectivity index (χ4v) is 5.67. The van der Waals surface area contributed by atoms with Gasteiger partial charge < -0.3 is 15.8 Å². The number of nitrogens with one attached hydrogen (secondary N) is 1. The van der Waals surface area contributed by atoms with Gasteiger partial charge in [-0.1, -0.05) is 6.07 Å². The molecule has 1 aromatic carbocycles. The molecule has 4 aromatic rings. The molecule has 35 heavy (non-hydrogen) atoms. The predicted octanol–water partition coefficient (Wildman–Crippen LogP) is 5.39. The summed E-state index contributed by atoms with van der Waals surface area (Å²) in [5, 5.41) is 26.8. The molecule has 0 atom stereocenters. The lowest BCUT2D eigenvalue weighted by Crippen LogP contribution is -2.12. The number of rotatable bonds is 8. The van der Waals surface area contributed by atoms with E-state index >= 15 is 0 Å². The highest BCUT2D eigenvalue weighted by molar-refractivity contribution is 7.99. The van der Waals surface area contributed by atoms with E-state index in [0.29, 0.717) is 21.5 Å². The molecule has 0 aliphatic rings. The van der Waals surface area contributed by atoms with Crippen molar-refractivity contribution in [3.8, 4) is 39.6 Å². The summed E-state index contributed by atoms with van der Waals surface area (Å²) in [5.41, 5.74) is 8.66. The Hall–Kier alpha value is -3.90. The Morgan fingerprint density at radius 2 is 1.91 bits per heavy atom. The number of hydrogen-bond donors (Lipinski definition) is 2. The van der Waals surface area contributed by atoms with Crippen LogP contribution in [0.2, 0.25) is 0 Å². The summed E-state index contributed by atoms with van der Waals surface area (Å²) in [4.78, 5) is 22.0. The first-order chi connectivity index (χ1) is 17.0. The van der Waals surface area contributed by atoms with Gasteiger partial charge in [-0.3, -0.25) is 4.79 Å². The van der Waals surface area contributed by atoms with E-state index in [2.05, 4.69) is 27.4 Å². The molecule has 0 radical (unpaired) electrons. The van der Waals surface area contributed by atoms with Crippen LogP contribution in [-0.4, -0.2) is 28.7 Å². The third kappa shape index (κ3) is 5.44. The van der Waals surface area contributed by atoms with E-state index in [9.17, 15) is 15.3 Å². The van der Waals surface area contributed by atoms with Gasteiger partial charge in [-0.05, 0) is 35.7 Å². The summed E-state index contributed by atoms with van der Waals surface area (Å²) < 4.78 is 5.17. The number of thiazole rings is 1. The van der Waals surface area contributed by atoms with Gasteiger partial charge >= 0.3 is 0 Å².